The number of hydrogen-bond donors (Lipinski definition) is 0. The number of carbonyl (C=O) groups is 1. The number of fused-ring (bicyclic) bond motifs is 3. The highest BCUT2D eigenvalue weighted by Crippen LogP contribution is 2.41. The van der Waals surface area contributed by atoms with E-state index in [2.05, 4.69) is 12.1 Å². The minimum atomic E-state index is -0.261. The van der Waals surface area contributed by atoms with Gasteiger partial charge < -0.3 is 4.74 Å². The molecule has 5 rings (SSSR count). The van der Waals surface area contributed by atoms with Crippen LogP contribution in [0.1, 0.15) is 39.7 Å². The van der Waals surface area contributed by atoms with Crippen molar-refractivity contribution in [2.45, 2.75) is 26.2 Å². The number of thiophene rings is 1. The van der Waals surface area contributed by atoms with Crippen molar-refractivity contribution in [1.29, 1.82) is 0 Å². The predicted octanol–water partition coefficient (Wildman–Crippen LogP) is 5.87. The third-order valence-electron chi connectivity index (χ3n) is 5.32. The molecule has 0 saturated heterocycles. The van der Waals surface area contributed by atoms with Gasteiger partial charge in [-0.3, -0.25) is 0 Å². The monoisotopic (exact) mass is 400 g/mol. The maximum Gasteiger partial charge on any atom is 0.341 e. The van der Waals surface area contributed by atoms with Gasteiger partial charge in [0.05, 0.1) is 23.2 Å². The van der Waals surface area contributed by atoms with Gasteiger partial charge in [-0.1, -0.05) is 36.4 Å². The zero-order valence-corrected chi connectivity index (χ0v) is 17.0. The van der Waals surface area contributed by atoms with E-state index in [-0.39, 0.29) is 5.97 Å². The van der Waals surface area contributed by atoms with Crippen LogP contribution < -0.4 is 0 Å². The Balaban J connectivity index is 1.68. The standard InChI is InChI=1S/C24H20N2O2S/c1-2-28-24(27)22-17-10-7-13-21(17)29-23(22)25-14-18-15-8-3-5-11-19(15)26-20-12-6-4-9-16(18)20/h3-6,8-9,11-12,14H,2,7,10,13H2,1H3. The van der Waals surface area contributed by atoms with Gasteiger partial charge in [0.1, 0.15) is 5.00 Å². The summed E-state index contributed by atoms with van der Waals surface area (Å²) in [6, 6.07) is 16.2. The number of esters is 1. The maximum absolute atomic E-state index is 12.6. The van der Waals surface area contributed by atoms with Gasteiger partial charge >= 0.3 is 5.97 Å². The fourth-order valence-corrected chi connectivity index (χ4v) is 5.25. The van der Waals surface area contributed by atoms with Crippen LogP contribution in [0.15, 0.2) is 53.5 Å². The molecule has 0 N–H and O–H groups in total. The van der Waals surface area contributed by atoms with E-state index in [1.54, 1.807) is 11.3 Å². The average molecular weight is 401 g/mol. The molecular formula is C24H20N2O2S. The number of benzene rings is 2. The molecule has 0 saturated carbocycles. The highest BCUT2D eigenvalue weighted by molar-refractivity contribution is 7.16. The molecule has 0 radical (unpaired) electrons. The number of pyridine rings is 1. The number of ether oxygens (including phenoxy) is 1. The molecule has 0 bridgehead atoms. The van der Waals surface area contributed by atoms with Crippen LogP contribution in [0.4, 0.5) is 5.00 Å². The van der Waals surface area contributed by atoms with Crippen LogP contribution in [-0.2, 0) is 17.6 Å². The van der Waals surface area contributed by atoms with E-state index in [0.717, 1.165) is 57.2 Å². The Morgan fingerprint density at radius 1 is 1.10 bits per heavy atom. The summed E-state index contributed by atoms with van der Waals surface area (Å²) in [7, 11) is 0. The van der Waals surface area contributed by atoms with Crippen molar-refractivity contribution >= 4 is 50.3 Å². The molecule has 1 aliphatic rings. The Hall–Kier alpha value is -3.05. The molecule has 0 spiro atoms. The molecule has 5 heteroatoms. The summed E-state index contributed by atoms with van der Waals surface area (Å²) in [5.41, 5.74) is 4.68. The first-order chi connectivity index (χ1) is 14.3. The minimum absolute atomic E-state index is 0.261. The number of rotatable bonds is 4. The van der Waals surface area contributed by atoms with Crippen molar-refractivity contribution in [3.8, 4) is 0 Å². The lowest BCUT2D eigenvalue weighted by Crippen LogP contribution is -2.06. The van der Waals surface area contributed by atoms with Gasteiger partial charge in [-0.05, 0) is 43.9 Å². The number of aryl methyl sites for hydroxylation is 1. The van der Waals surface area contributed by atoms with Crippen LogP contribution in [-0.4, -0.2) is 23.8 Å². The lowest BCUT2D eigenvalue weighted by molar-refractivity contribution is 0.0527. The number of para-hydroxylation sites is 2. The first kappa shape index (κ1) is 18.0. The van der Waals surface area contributed by atoms with Crippen LogP contribution in [0, 0.1) is 0 Å². The average Bonchev–Trinajstić information content (AvgIpc) is 3.32. The highest BCUT2D eigenvalue weighted by Gasteiger charge is 2.27. The Kier molecular flexibility index (Phi) is 4.60. The molecular weight excluding hydrogens is 380 g/mol. The number of hydrogen-bond acceptors (Lipinski definition) is 5. The summed E-state index contributed by atoms with van der Waals surface area (Å²) >= 11 is 1.62. The number of carbonyl (C=O) groups excluding carboxylic acids is 1. The number of nitrogens with zero attached hydrogens (tertiary/aromatic N) is 2. The Labute approximate surface area is 172 Å². The molecule has 2 aromatic carbocycles. The molecule has 0 fully saturated rings. The molecule has 2 aromatic heterocycles. The van der Waals surface area contributed by atoms with Crippen molar-refractivity contribution in [1.82, 2.24) is 4.98 Å². The van der Waals surface area contributed by atoms with Gasteiger partial charge in [-0.25, -0.2) is 14.8 Å². The quantitative estimate of drug-likeness (QED) is 0.245. The second-order valence-electron chi connectivity index (χ2n) is 7.08. The van der Waals surface area contributed by atoms with Crippen molar-refractivity contribution in [3.63, 3.8) is 0 Å². The zero-order chi connectivity index (χ0) is 19.8. The summed E-state index contributed by atoms with van der Waals surface area (Å²) in [6.07, 6.45) is 4.92. The molecule has 29 heavy (non-hydrogen) atoms. The third-order valence-corrected chi connectivity index (χ3v) is 6.52. The summed E-state index contributed by atoms with van der Waals surface area (Å²) in [4.78, 5) is 23.5. The normalized spacial score (nSPS) is 13.4. The molecule has 4 nitrogen and oxygen atoms in total. The summed E-state index contributed by atoms with van der Waals surface area (Å²) in [6.45, 7) is 2.20. The van der Waals surface area contributed by atoms with Gasteiger partial charge in [0, 0.05) is 27.4 Å². The number of aliphatic imine (C=N–C) groups is 1. The Morgan fingerprint density at radius 2 is 1.79 bits per heavy atom. The largest absolute Gasteiger partial charge is 0.462 e. The van der Waals surface area contributed by atoms with Gasteiger partial charge in [-0.2, -0.15) is 0 Å². The topological polar surface area (TPSA) is 51.5 Å². The Bertz CT molecular complexity index is 1220. The molecule has 0 amide bonds. The maximum atomic E-state index is 12.6. The third kappa shape index (κ3) is 3.12. The molecule has 0 unspecified atom stereocenters. The van der Waals surface area contributed by atoms with Crippen molar-refractivity contribution in [2.24, 2.45) is 4.99 Å². The predicted molar refractivity (Wildman–Crippen MR) is 119 cm³/mol. The lowest BCUT2D eigenvalue weighted by Gasteiger charge is -2.07. The second-order valence-corrected chi connectivity index (χ2v) is 8.16. The van der Waals surface area contributed by atoms with Crippen LogP contribution in [0.5, 0.6) is 0 Å². The summed E-state index contributed by atoms with van der Waals surface area (Å²) in [5.74, 6) is -0.261. The first-order valence-corrected chi connectivity index (χ1v) is 10.7. The molecule has 1 aliphatic carbocycles. The molecule has 0 atom stereocenters. The van der Waals surface area contributed by atoms with Gasteiger partial charge in [0.15, 0.2) is 0 Å². The van der Waals surface area contributed by atoms with Gasteiger partial charge in [0.25, 0.3) is 0 Å². The lowest BCUT2D eigenvalue weighted by atomic mass is 10.0. The molecule has 144 valence electrons. The Morgan fingerprint density at radius 3 is 2.48 bits per heavy atom. The van der Waals surface area contributed by atoms with Crippen LogP contribution in [0.2, 0.25) is 0 Å². The fourth-order valence-electron chi connectivity index (χ4n) is 4.03. The van der Waals surface area contributed by atoms with Crippen molar-refractivity contribution in [3.05, 3.63) is 70.1 Å². The van der Waals surface area contributed by atoms with E-state index in [1.807, 2.05) is 49.5 Å². The van der Waals surface area contributed by atoms with Crippen LogP contribution in [0.3, 0.4) is 0 Å². The van der Waals surface area contributed by atoms with Gasteiger partial charge in [0.2, 0.25) is 0 Å². The highest BCUT2D eigenvalue weighted by atomic mass is 32.1. The van der Waals surface area contributed by atoms with Crippen LogP contribution >= 0.6 is 11.3 Å². The summed E-state index contributed by atoms with van der Waals surface area (Å²) < 4.78 is 5.33. The van der Waals surface area contributed by atoms with E-state index in [9.17, 15) is 4.79 Å². The van der Waals surface area contributed by atoms with Crippen molar-refractivity contribution < 1.29 is 9.53 Å². The van der Waals surface area contributed by atoms with E-state index in [0.29, 0.717) is 12.2 Å². The smallest absolute Gasteiger partial charge is 0.341 e. The van der Waals surface area contributed by atoms with Crippen molar-refractivity contribution in [2.75, 3.05) is 6.61 Å². The zero-order valence-electron chi connectivity index (χ0n) is 16.1. The van der Waals surface area contributed by atoms with E-state index in [4.69, 9.17) is 14.7 Å². The molecule has 0 aliphatic heterocycles. The second kappa shape index (κ2) is 7.41. The molecule has 4 aromatic rings. The first-order valence-electron chi connectivity index (χ1n) is 9.89. The SMILES string of the molecule is CCOC(=O)c1c(N=Cc2c3ccccc3nc3ccccc23)sc2c1CCC2. The fraction of sp³-hybridized carbons (Fsp3) is 0.208. The van der Waals surface area contributed by atoms with E-state index < -0.39 is 0 Å². The number of aromatic nitrogens is 1. The van der Waals surface area contributed by atoms with E-state index >= 15 is 0 Å². The summed E-state index contributed by atoms with van der Waals surface area (Å²) in [5, 5.41) is 2.85. The minimum Gasteiger partial charge on any atom is -0.462 e. The molecule has 2 heterocycles. The van der Waals surface area contributed by atoms with Crippen LogP contribution in [0.25, 0.3) is 21.8 Å². The van der Waals surface area contributed by atoms with E-state index in [1.165, 1.54) is 4.88 Å². The van der Waals surface area contributed by atoms with Gasteiger partial charge in [-0.15, -0.1) is 11.3 Å².